The molecule has 0 spiro atoms. The molecule has 0 saturated carbocycles. The first-order chi connectivity index (χ1) is 9.65. The molecular weight excluding hydrogens is 283 g/mol. The fourth-order valence-corrected chi connectivity index (χ4v) is 2.62. The number of nitrogens with zero attached hydrogens (tertiary/aromatic N) is 2. The predicted molar refractivity (Wildman–Crippen MR) is 71.2 cm³/mol. The molecule has 0 amide bonds. The monoisotopic (exact) mass is 290 g/mol. The first-order valence-corrected chi connectivity index (χ1v) is 6.43. The minimum absolute atomic E-state index is 0.154. The standard InChI is InChI=1S/C13H7FN2O3S/c14-8-4-3-7-11(12(8)16(17)18)20-13-15-9-5-1-2-6-10(9)19-13/h1-7H. The third kappa shape index (κ3) is 2.23. The molecule has 0 aliphatic rings. The van der Waals surface area contributed by atoms with Crippen molar-refractivity contribution < 1.29 is 13.7 Å². The van der Waals surface area contributed by atoms with E-state index in [1.807, 2.05) is 6.07 Å². The predicted octanol–water partition coefficient (Wildman–Crippen LogP) is 4.03. The van der Waals surface area contributed by atoms with Crippen molar-refractivity contribution in [1.29, 1.82) is 0 Å². The summed E-state index contributed by atoms with van der Waals surface area (Å²) in [5.74, 6) is -0.879. The highest BCUT2D eigenvalue weighted by Gasteiger charge is 2.22. The maximum Gasteiger partial charge on any atom is 0.318 e. The topological polar surface area (TPSA) is 69.2 Å². The van der Waals surface area contributed by atoms with Crippen molar-refractivity contribution in [3.63, 3.8) is 0 Å². The molecule has 0 atom stereocenters. The number of hydrogen-bond donors (Lipinski definition) is 0. The van der Waals surface area contributed by atoms with Crippen LogP contribution in [0.3, 0.4) is 0 Å². The van der Waals surface area contributed by atoms with Crippen LogP contribution >= 0.6 is 11.8 Å². The lowest BCUT2D eigenvalue weighted by atomic mass is 10.3. The maximum absolute atomic E-state index is 13.5. The summed E-state index contributed by atoms with van der Waals surface area (Å²) in [5.41, 5.74) is 0.655. The average Bonchev–Trinajstić information content (AvgIpc) is 2.80. The summed E-state index contributed by atoms with van der Waals surface area (Å²) in [7, 11) is 0. The van der Waals surface area contributed by atoms with Gasteiger partial charge < -0.3 is 4.42 Å². The quantitative estimate of drug-likeness (QED) is 0.538. The molecule has 7 heteroatoms. The Bertz CT molecular complexity index is 770. The number of nitro groups is 1. The van der Waals surface area contributed by atoms with E-state index in [9.17, 15) is 14.5 Å². The Morgan fingerprint density at radius 1 is 1.20 bits per heavy atom. The first-order valence-electron chi connectivity index (χ1n) is 5.61. The van der Waals surface area contributed by atoms with Crippen molar-refractivity contribution >= 4 is 28.5 Å². The van der Waals surface area contributed by atoms with Gasteiger partial charge in [-0.2, -0.15) is 4.39 Å². The zero-order valence-corrected chi connectivity index (χ0v) is 10.8. The molecule has 0 N–H and O–H groups in total. The van der Waals surface area contributed by atoms with Crippen LogP contribution in [0.4, 0.5) is 10.1 Å². The van der Waals surface area contributed by atoms with Gasteiger partial charge >= 0.3 is 5.69 Å². The fourth-order valence-electron chi connectivity index (χ4n) is 1.74. The van der Waals surface area contributed by atoms with Crippen LogP contribution in [0, 0.1) is 15.9 Å². The molecule has 0 bridgehead atoms. The molecule has 3 rings (SSSR count). The number of halogens is 1. The third-order valence-electron chi connectivity index (χ3n) is 2.60. The number of hydrogen-bond acceptors (Lipinski definition) is 5. The molecular formula is C13H7FN2O3S. The van der Waals surface area contributed by atoms with Gasteiger partial charge in [-0.1, -0.05) is 18.2 Å². The van der Waals surface area contributed by atoms with Gasteiger partial charge in [-0.05, 0) is 36.0 Å². The number of oxazole rings is 1. The summed E-state index contributed by atoms with van der Waals surface area (Å²) in [6, 6.07) is 11.0. The fraction of sp³-hybridized carbons (Fsp3) is 0. The molecule has 5 nitrogen and oxygen atoms in total. The van der Waals surface area contributed by atoms with E-state index in [-0.39, 0.29) is 10.1 Å². The lowest BCUT2D eigenvalue weighted by Gasteiger charge is -1.99. The molecule has 0 aliphatic carbocycles. The van der Waals surface area contributed by atoms with Gasteiger partial charge in [-0.3, -0.25) is 10.1 Å². The Kier molecular flexibility index (Phi) is 3.11. The number of aromatic nitrogens is 1. The highest BCUT2D eigenvalue weighted by Crippen LogP contribution is 2.36. The van der Waals surface area contributed by atoms with Crippen LogP contribution < -0.4 is 0 Å². The second-order valence-corrected chi connectivity index (χ2v) is 4.89. The van der Waals surface area contributed by atoms with Gasteiger partial charge in [0, 0.05) is 0 Å². The molecule has 0 aliphatic heterocycles. The van der Waals surface area contributed by atoms with Crippen LogP contribution in [0.5, 0.6) is 0 Å². The Balaban J connectivity index is 2.02. The van der Waals surface area contributed by atoms with E-state index in [2.05, 4.69) is 4.98 Å². The summed E-state index contributed by atoms with van der Waals surface area (Å²) in [5, 5.41) is 11.1. The van der Waals surface area contributed by atoms with E-state index in [0.29, 0.717) is 11.1 Å². The molecule has 20 heavy (non-hydrogen) atoms. The maximum atomic E-state index is 13.5. The van der Waals surface area contributed by atoms with Crippen LogP contribution in [0.15, 0.2) is 57.0 Å². The van der Waals surface area contributed by atoms with Crippen molar-refractivity contribution in [2.24, 2.45) is 0 Å². The molecule has 3 aromatic rings. The van der Waals surface area contributed by atoms with Crippen molar-refractivity contribution in [3.8, 4) is 0 Å². The lowest BCUT2D eigenvalue weighted by molar-refractivity contribution is -0.390. The van der Waals surface area contributed by atoms with Crippen LogP contribution in [0.1, 0.15) is 0 Å². The normalized spacial score (nSPS) is 10.8. The van der Waals surface area contributed by atoms with E-state index >= 15 is 0 Å². The zero-order chi connectivity index (χ0) is 14.1. The Hall–Kier alpha value is -2.41. The van der Waals surface area contributed by atoms with Crippen molar-refractivity contribution in [3.05, 3.63) is 58.4 Å². The molecule has 0 saturated heterocycles. The largest absolute Gasteiger partial charge is 0.431 e. The summed E-state index contributed by atoms with van der Waals surface area (Å²) >= 11 is 0.923. The summed E-state index contributed by atoms with van der Waals surface area (Å²) in [4.78, 5) is 14.5. The van der Waals surface area contributed by atoms with Crippen LogP contribution in [0.2, 0.25) is 0 Å². The minimum Gasteiger partial charge on any atom is -0.431 e. The van der Waals surface area contributed by atoms with Crippen LogP contribution in [-0.2, 0) is 0 Å². The van der Waals surface area contributed by atoms with E-state index in [1.165, 1.54) is 12.1 Å². The average molecular weight is 290 g/mol. The van der Waals surface area contributed by atoms with E-state index in [4.69, 9.17) is 4.42 Å². The number of nitro benzene ring substituents is 1. The summed E-state index contributed by atoms with van der Waals surface area (Å²) in [6.45, 7) is 0. The number of para-hydroxylation sites is 3. The first kappa shape index (κ1) is 12.6. The van der Waals surface area contributed by atoms with Gasteiger partial charge in [0.2, 0.25) is 5.82 Å². The van der Waals surface area contributed by atoms with Crippen LogP contribution in [0.25, 0.3) is 11.1 Å². The van der Waals surface area contributed by atoms with Crippen molar-refractivity contribution in [2.45, 2.75) is 10.1 Å². The molecule has 1 aromatic heterocycles. The van der Waals surface area contributed by atoms with Gasteiger partial charge in [0.25, 0.3) is 5.22 Å². The zero-order valence-electron chi connectivity index (χ0n) is 9.95. The number of fused-ring (bicyclic) bond motifs is 1. The highest BCUT2D eigenvalue weighted by atomic mass is 32.2. The van der Waals surface area contributed by atoms with Gasteiger partial charge in [0.15, 0.2) is 5.58 Å². The van der Waals surface area contributed by atoms with Crippen molar-refractivity contribution in [1.82, 2.24) is 4.98 Å². The molecule has 0 fully saturated rings. The highest BCUT2D eigenvalue weighted by molar-refractivity contribution is 7.99. The van der Waals surface area contributed by atoms with E-state index < -0.39 is 16.4 Å². The lowest BCUT2D eigenvalue weighted by Crippen LogP contribution is -1.94. The van der Waals surface area contributed by atoms with Gasteiger partial charge in [-0.15, -0.1) is 0 Å². The minimum atomic E-state index is -0.879. The van der Waals surface area contributed by atoms with Gasteiger partial charge in [0.05, 0.1) is 9.82 Å². The second-order valence-electron chi connectivity index (χ2n) is 3.89. The SMILES string of the molecule is O=[N+]([O-])c1c(F)cccc1Sc1nc2ccccc2o1. The Labute approximate surface area is 116 Å². The summed E-state index contributed by atoms with van der Waals surface area (Å²) in [6.07, 6.45) is 0. The molecule has 2 aromatic carbocycles. The van der Waals surface area contributed by atoms with E-state index in [1.54, 1.807) is 18.2 Å². The van der Waals surface area contributed by atoms with Gasteiger partial charge in [0.1, 0.15) is 5.52 Å². The van der Waals surface area contributed by atoms with Gasteiger partial charge in [-0.25, -0.2) is 4.98 Å². The van der Waals surface area contributed by atoms with Crippen molar-refractivity contribution in [2.75, 3.05) is 0 Å². The Morgan fingerprint density at radius 3 is 2.75 bits per heavy atom. The second kappa shape index (κ2) is 4.93. The molecule has 0 unspecified atom stereocenters. The van der Waals surface area contributed by atoms with Crippen LogP contribution in [-0.4, -0.2) is 9.91 Å². The molecule has 0 radical (unpaired) electrons. The van der Waals surface area contributed by atoms with E-state index in [0.717, 1.165) is 17.8 Å². The number of rotatable bonds is 3. The number of benzene rings is 2. The Morgan fingerprint density at radius 2 is 2.00 bits per heavy atom. The molecule has 1 heterocycles. The summed E-state index contributed by atoms with van der Waals surface area (Å²) < 4.78 is 19.0. The smallest absolute Gasteiger partial charge is 0.318 e. The molecule has 100 valence electrons. The third-order valence-corrected chi connectivity index (χ3v) is 3.50.